The van der Waals surface area contributed by atoms with E-state index in [9.17, 15) is 18.0 Å². The lowest BCUT2D eigenvalue weighted by Gasteiger charge is -2.14. The number of alkyl halides is 3. The second kappa shape index (κ2) is 10.3. The van der Waals surface area contributed by atoms with E-state index < -0.39 is 17.7 Å². The molecule has 0 unspecified atom stereocenters. The van der Waals surface area contributed by atoms with Gasteiger partial charge >= 0.3 is 12.1 Å². The predicted molar refractivity (Wildman–Crippen MR) is 104 cm³/mol. The minimum atomic E-state index is -4.60. The molecular formula is C20H19ClF3NO5. The fourth-order valence-electron chi connectivity index (χ4n) is 2.26. The number of rotatable bonds is 9. The third-order valence-corrected chi connectivity index (χ3v) is 4.07. The zero-order chi connectivity index (χ0) is 22.3. The molecule has 1 N–H and O–H groups in total. The smallest absolute Gasteiger partial charge is 0.417 e. The summed E-state index contributed by atoms with van der Waals surface area (Å²) in [7, 11) is 1.57. The van der Waals surface area contributed by atoms with Gasteiger partial charge in [-0.05, 0) is 31.2 Å². The van der Waals surface area contributed by atoms with Crippen LogP contribution in [0.15, 0.2) is 36.0 Å². The van der Waals surface area contributed by atoms with Gasteiger partial charge in [0.05, 0.1) is 12.2 Å². The second-order valence-electron chi connectivity index (χ2n) is 6.14. The van der Waals surface area contributed by atoms with Crippen LogP contribution in [-0.2, 0) is 15.7 Å². The summed E-state index contributed by atoms with van der Waals surface area (Å²) in [5, 5.41) is 8.76. The first kappa shape index (κ1) is 23.5. The van der Waals surface area contributed by atoms with E-state index in [-0.39, 0.29) is 22.2 Å². The number of methoxy groups -OCH3 is 1. The van der Waals surface area contributed by atoms with Crippen molar-refractivity contribution in [1.29, 1.82) is 0 Å². The van der Waals surface area contributed by atoms with Crippen molar-refractivity contribution in [3.8, 4) is 17.4 Å². The SMILES string of the molecule is COCCCOc1ccc(/C=C(/C)C(=O)O)c(Oc2ncc(C(F)(F)F)cc2Cl)c1. The summed E-state index contributed by atoms with van der Waals surface area (Å²) in [4.78, 5) is 14.8. The number of benzene rings is 1. The second-order valence-corrected chi connectivity index (χ2v) is 6.54. The van der Waals surface area contributed by atoms with Crippen LogP contribution in [0.25, 0.3) is 6.08 Å². The summed E-state index contributed by atoms with van der Waals surface area (Å²) in [6, 6.07) is 5.35. The van der Waals surface area contributed by atoms with Crippen LogP contribution < -0.4 is 9.47 Å². The molecule has 0 aliphatic rings. The largest absolute Gasteiger partial charge is 0.493 e. The Kier molecular flexibility index (Phi) is 8.08. The van der Waals surface area contributed by atoms with Crippen LogP contribution in [0.5, 0.6) is 17.4 Å². The highest BCUT2D eigenvalue weighted by Crippen LogP contribution is 2.36. The van der Waals surface area contributed by atoms with Crippen LogP contribution in [0.4, 0.5) is 13.2 Å². The van der Waals surface area contributed by atoms with E-state index in [0.717, 1.165) is 0 Å². The molecule has 0 aliphatic heterocycles. The molecule has 2 aromatic rings. The molecule has 0 amide bonds. The van der Waals surface area contributed by atoms with E-state index in [1.54, 1.807) is 19.2 Å². The Bertz CT molecular complexity index is 931. The van der Waals surface area contributed by atoms with Gasteiger partial charge in [0, 0.05) is 43.5 Å². The molecule has 1 aromatic carbocycles. The number of nitrogens with zero attached hydrogens (tertiary/aromatic N) is 1. The van der Waals surface area contributed by atoms with E-state index in [0.29, 0.717) is 43.2 Å². The summed E-state index contributed by atoms with van der Waals surface area (Å²) in [5.41, 5.74) is -0.631. The Morgan fingerprint density at radius 1 is 1.27 bits per heavy atom. The van der Waals surface area contributed by atoms with E-state index in [1.165, 1.54) is 19.1 Å². The normalized spacial score (nSPS) is 12.0. The highest BCUT2D eigenvalue weighted by Gasteiger charge is 2.32. The number of aliphatic carboxylic acids is 1. The molecule has 2 rings (SSSR count). The average Bonchev–Trinajstić information content (AvgIpc) is 2.67. The Balaban J connectivity index is 2.36. The van der Waals surface area contributed by atoms with E-state index in [2.05, 4.69) is 4.98 Å². The van der Waals surface area contributed by atoms with Gasteiger partial charge < -0.3 is 19.3 Å². The van der Waals surface area contributed by atoms with Crippen molar-refractivity contribution in [2.24, 2.45) is 0 Å². The van der Waals surface area contributed by atoms with Gasteiger partial charge in [0.2, 0.25) is 5.88 Å². The van der Waals surface area contributed by atoms with Crippen LogP contribution in [0.3, 0.4) is 0 Å². The van der Waals surface area contributed by atoms with Crippen LogP contribution >= 0.6 is 11.6 Å². The highest BCUT2D eigenvalue weighted by molar-refractivity contribution is 6.31. The van der Waals surface area contributed by atoms with Gasteiger partial charge in [0.15, 0.2) is 0 Å². The minimum Gasteiger partial charge on any atom is -0.493 e. The van der Waals surface area contributed by atoms with Crippen LogP contribution in [0.2, 0.25) is 5.02 Å². The number of carboxylic acids is 1. The van der Waals surface area contributed by atoms with Crippen molar-refractivity contribution in [2.45, 2.75) is 19.5 Å². The molecule has 1 aromatic heterocycles. The molecule has 1 heterocycles. The standard InChI is InChI=1S/C20H19ClF3NO5/c1-12(19(26)27)8-13-4-5-15(29-7-3-6-28-2)10-17(13)30-18-16(21)9-14(11-25-18)20(22,23)24/h4-5,8-11H,3,6-7H2,1-2H3,(H,26,27)/b12-8-. The van der Waals surface area contributed by atoms with Crippen LogP contribution in [0, 0.1) is 0 Å². The Morgan fingerprint density at radius 2 is 2.00 bits per heavy atom. The minimum absolute atomic E-state index is 0.0279. The Morgan fingerprint density at radius 3 is 2.60 bits per heavy atom. The number of halogens is 4. The first-order valence-corrected chi connectivity index (χ1v) is 9.07. The van der Waals surface area contributed by atoms with Crippen molar-refractivity contribution in [1.82, 2.24) is 4.98 Å². The average molecular weight is 446 g/mol. The third kappa shape index (κ3) is 6.64. The first-order valence-electron chi connectivity index (χ1n) is 8.69. The summed E-state index contributed by atoms with van der Waals surface area (Å²) < 4.78 is 54.6. The number of carbonyl (C=O) groups is 1. The van der Waals surface area contributed by atoms with Gasteiger partial charge in [-0.25, -0.2) is 9.78 Å². The van der Waals surface area contributed by atoms with E-state index in [4.69, 9.17) is 30.9 Å². The molecule has 0 atom stereocenters. The van der Waals surface area contributed by atoms with Crippen LogP contribution in [0.1, 0.15) is 24.5 Å². The van der Waals surface area contributed by atoms with Crippen molar-refractivity contribution in [3.05, 3.63) is 52.2 Å². The Hall–Kier alpha value is -2.78. The molecule has 0 saturated carbocycles. The maximum Gasteiger partial charge on any atom is 0.417 e. The molecule has 6 nitrogen and oxygen atoms in total. The summed E-state index contributed by atoms with van der Waals surface area (Å²) in [5.74, 6) is -0.862. The number of ether oxygens (including phenoxy) is 3. The lowest BCUT2D eigenvalue weighted by molar-refractivity contribution is -0.138. The number of aromatic nitrogens is 1. The van der Waals surface area contributed by atoms with E-state index in [1.807, 2.05) is 0 Å². The monoisotopic (exact) mass is 445 g/mol. The maximum absolute atomic E-state index is 12.8. The highest BCUT2D eigenvalue weighted by atomic mass is 35.5. The number of carboxylic acid groups (broad SMARTS) is 1. The number of hydrogen-bond acceptors (Lipinski definition) is 5. The third-order valence-electron chi connectivity index (χ3n) is 3.80. The van der Waals surface area contributed by atoms with E-state index >= 15 is 0 Å². The Labute approximate surface area is 175 Å². The molecule has 0 bridgehead atoms. The van der Waals surface area contributed by atoms with Crippen molar-refractivity contribution in [3.63, 3.8) is 0 Å². The topological polar surface area (TPSA) is 77.9 Å². The molecule has 0 fully saturated rings. The molecule has 162 valence electrons. The van der Waals surface area contributed by atoms with Crippen molar-refractivity contribution in [2.75, 3.05) is 20.3 Å². The molecule has 10 heteroatoms. The molecule has 0 saturated heterocycles. The van der Waals surface area contributed by atoms with Crippen molar-refractivity contribution >= 4 is 23.6 Å². The first-order chi connectivity index (χ1) is 14.1. The zero-order valence-corrected chi connectivity index (χ0v) is 16.9. The van der Waals surface area contributed by atoms with Gasteiger partial charge in [-0.2, -0.15) is 13.2 Å². The van der Waals surface area contributed by atoms with Gasteiger partial charge in [-0.3, -0.25) is 0 Å². The lowest BCUT2D eigenvalue weighted by Crippen LogP contribution is -2.06. The summed E-state index contributed by atoms with van der Waals surface area (Å²) >= 11 is 5.91. The fourth-order valence-corrected chi connectivity index (χ4v) is 2.46. The molecule has 30 heavy (non-hydrogen) atoms. The van der Waals surface area contributed by atoms with Crippen LogP contribution in [-0.4, -0.2) is 36.4 Å². The number of pyridine rings is 1. The summed E-state index contributed by atoms with van der Waals surface area (Å²) in [6.07, 6.45) is -2.01. The van der Waals surface area contributed by atoms with Gasteiger partial charge in [-0.15, -0.1) is 0 Å². The maximum atomic E-state index is 12.8. The number of hydrogen-bond donors (Lipinski definition) is 1. The fraction of sp³-hybridized carbons (Fsp3) is 0.300. The quantitative estimate of drug-likeness (QED) is 0.408. The van der Waals surface area contributed by atoms with Crippen molar-refractivity contribution < 1.29 is 37.3 Å². The molecule has 0 spiro atoms. The lowest BCUT2D eigenvalue weighted by atomic mass is 10.1. The zero-order valence-electron chi connectivity index (χ0n) is 16.1. The summed E-state index contributed by atoms with van der Waals surface area (Å²) in [6.45, 7) is 2.26. The molecule has 0 radical (unpaired) electrons. The van der Waals surface area contributed by atoms with Gasteiger partial charge in [0.1, 0.15) is 16.5 Å². The van der Waals surface area contributed by atoms with Gasteiger partial charge in [-0.1, -0.05) is 11.6 Å². The predicted octanol–water partition coefficient (Wildman–Crippen LogP) is 5.45. The molecule has 0 aliphatic carbocycles. The van der Waals surface area contributed by atoms with Gasteiger partial charge in [0.25, 0.3) is 0 Å². The molecular weight excluding hydrogens is 427 g/mol.